The lowest BCUT2D eigenvalue weighted by atomic mass is 10.2. The third-order valence-corrected chi connectivity index (χ3v) is 2.63. The van der Waals surface area contributed by atoms with Gasteiger partial charge in [-0.15, -0.1) is 0 Å². The molecule has 1 aromatic rings. The zero-order valence-electron chi connectivity index (χ0n) is 11.0. The molecule has 0 saturated heterocycles. The van der Waals surface area contributed by atoms with Crippen molar-refractivity contribution in [2.24, 2.45) is 0 Å². The molecule has 1 aromatic carbocycles. The maximum atomic E-state index is 11.8. The van der Waals surface area contributed by atoms with Crippen LogP contribution in [0.3, 0.4) is 0 Å². The van der Waals surface area contributed by atoms with Crippen molar-refractivity contribution >= 4 is 5.91 Å². The summed E-state index contributed by atoms with van der Waals surface area (Å²) in [6.07, 6.45) is 1.91. The van der Waals surface area contributed by atoms with E-state index in [1.54, 1.807) is 12.1 Å². The number of hydrogen-bond donors (Lipinski definition) is 2. The molecule has 0 aliphatic rings. The highest BCUT2D eigenvalue weighted by molar-refractivity contribution is 5.94. The van der Waals surface area contributed by atoms with Crippen molar-refractivity contribution < 1.29 is 14.6 Å². The quantitative estimate of drug-likeness (QED) is 0.782. The van der Waals surface area contributed by atoms with Gasteiger partial charge in [-0.2, -0.15) is 0 Å². The number of rotatable bonds is 7. The number of nitrogens with one attached hydrogen (secondary N) is 1. The number of aromatic hydroxyl groups is 1. The Kier molecular flexibility index (Phi) is 6.22. The largest absolute Gasteiger partial charge is 0.508 e. The Morgan fingerprint density at radius 1 is 1.33 bits per heavy atom. The number of ether oxygens (including phenoxy) is 1. The second-order valence-corrected chi connectivity index (χ2v) is 4.16. The van der Waals surface area contributed by atoms with E-state index in [4.69, 9.17) is 9.84 Å². The van der Waals surface area contributed by atoms with Crippen LogP contribution < -0.4 is 5.32 Å². The van der Waals surface area contributed by atoms with Crippen LogP contribution in [0.4, 0.5) is 0 Å². The summed E-state index contributed by atoms with van der Waals surface area (Å²) in [5.74, 6) is 0.0119. The Hall–Kier alpha value is -1.55. The fraction of sp³-hybridized carbons (Fsp3) is 0.500. The van der Waals surface area contributed by atoms with Gasteiger partial charge in [0.15, 0.2) is 0 Å². The van der Waals surface area contributed by atoms with Gasteiger partial charge in [0, 0.05) is 18.7 Å². The number of phenols is 1. The van der Waals surface area contributed by atoms with Gasteiger partial charge in [-0.05, 0) is 37.1 Å². The fourth-order valence-electron chi connectivity index (χ4n) is 1.53. The predicted octanol–water partition coefficient (Wildman–Crippen LogP) is 2.33. The van der Waals surface area contributed by atoms with Crippen molar-refractivity contribution in [3.63, 3.8) is 0 Å². The van der Waals surface area contributed by atoms with E-state index in [-0.39, 0.29) is 17.8 Å². The summed E-state index contributed by atoms with van der Waals surface area (Å²) < 4.78 is 5.59. The van der Waals surface area contributed by atoms with Crippen LogP contribution in [0.5, 0.6) is 5.75 Å². The summed E-state index contributed by atoms with van der Waals surface area (Å²) in [6, 6.07) is 6.19. The molecule has 0 aromatic heterocycles. The maximum Gasteiger partial charge on any atom is 0.251 e. The van der Waals surface area contributed by atoms with Crippen LogP contribution in [0.2, 0.25) is 0 Å². The second kappa shape index (κ2) is 7.71. The van der Waals surface area contributed by atoms with Crippen molar-refractivity contribution in [1.29, 1.82) is 0 Å². The lowest BCUT2D eigenvalue weighted by molar-refractivity contribution is 0.0491. The van der Waals surface area contributed by atoms with E-state index in [1.807, 2.05) is 6.92 Å². The molecule has 0 saturated carbocycles. The molecular formula is C14H21NO3. The molecule has 0 spiro atoms. The molecular weight excluding hydrogens is 230 g/mol. The number of phenolic OH excluding ortho intramolecular Hbond substituents is 1. The van der Waals surface area contributed by atoms with Crippen LogP contribution in [0.15, 0.2) is 24.3 Å². The third kappa shape index (κ3) is 4.75. The van der Waals surface area contributed by atoms with Gasteiger partial charge in [0.05, 0.1) is 6.10 Å². The Morgan fingerprint density at radius 3 is 2.56 bits per heavy atom. The number of hydrogen-bond acceptors (Lipinski definition) is 3. The van der Waals surface area contributed by atoms with Crippen molar-refractivity contribution in [3.8, 4) is 5.75 Å². The topological polar surface area (TPSA) is 58.6 Å². The van der Waals surface area contributed by atoms with Crippen molar-refractivity contribution in [2.75, 3.05) is 13.2 Å². The van der Waals surface area contributed by atoms with Gasteiger partial charge < -0.3 is 15.2 Å². The molecule has 1 unspecified atom stereocenters. The van der Waals surface area contributed by atoms with Gasteiger partial charge in [-0.3, -0.25) is 4.79 Å². The first-order valence-corrected chi connectivity index (χ1v) is 6.36. The first-order valence-electron chi connectivity index (χ1n) is 6.36. The molecule has 1 rings (SSSR count). The van der Waals surface area contributed by atoms with Crippen molar-refractivity contribution in [3.05, 3.63) is 29.8 Å². The Morgan fingerprint density at radius 2 is 2.00 bits per heavy atom. The van der Waals surface area contributed by atoms with Gasteiger partial charge in [-0.25, -0.2) is 0 Å². The summed E-state index contributed by atoms with van der Waals surface area (Å²) in [5.41, 5.74) is 0.540. The lowest BCUT2D eigenvalue weighted by Gasteiger charge is -2.16. The highest BCUT2D eigenvalue weighted by Crippen LogP contribution is 2.09. The minimum absolute atomic E-state index is 0.0611. The molecule has 1 amide bonds. The monoisotopic (exact) mass is 251 g/mol. The van der Waals surface area contributed by atoms with Crippen LogP contribution in [-0.2, 0) is 4.74 Å². The zero-order chi connectivity index (χ0) is 13.4. The minimum Gasteiger partial charge on any atom is -0.508 e. The van der Waals surface area contributed by atoms with E-state index in [2.05, 4.69) is 12.2 Å². The van der Waals surface area contributed by atoms with Gasteiger partial charge in [0.1, 0.15) is 5.75 Å². The molecule has 0 radical (unpaired) electrons. The number of benzene rings is 1. The van der Waals surface area contributed by atoms with E-state index >= 15 is 0 Å². The van der Waals surface area contributed by atoms with E-state index in [1.165, 1.54) is 12.1 Å². The predicted molar refractivity (Wildman–Crippen MR) is 70.8 cm³/mol. The Balaban J connectivity index is 2.42. The van der Waals surface area contributed by atoms with Crippen molar-refractivity contribution in [1.82, 2.24) is 5.32 Å². The van der Waals surface area contributed by atoms with Gasteiger partial charge >= 0.3 is 0 Å². The first kappa shape index (κ1) is 14.5. The molecule has 4 nitrogen and oxygen atoms in total. The lowest BCUT2D eigenvalue weighted by Crippen LogP contribution is -2.33. The summed E-state index contributed by atoms with van der Waals surface area (Å²) in [7, 11) is 0. The number of carbonyl (C=O) groups is 1. The standard InChI is InChI=1S/C14H21NO3/c1-3-9-18-13(4-2)10-15-14(17)11-5-7-12(16)8-6-11/h5-8,13,16H,3-4,9-10H2,1-2H3,(H,15,17). The molecule has 18 heavy (non-hydrogen) atoms. The molecule has 0 heterocycles. The zero-order valence-corrected chi connectivity index (χ0v) is 11.0. The average Bonchev–Trinajstić information content (AvgIpc) is 2.39. The molecule has 1 atom stereocenters. The molecule has 0 aliphatic carbocycles. The highest BCUT2D eigenvalue weighted by Gasteiger charge is 2.10. The highest BCUT2D eigenvalue weighted by atomic mass is 16.5. The van der Waals surface area contributed by atoms with E-state index in [9.17, 15) is 4.79 Å². The summed E-state index contributed by atoms with van der Waals surface area (Å²) in [6.45, 7) is 5.32. The first-order chi connectivity index (χ1) is 8.67. The molecule has 0 bridgehead atoms. The van der Waals surface area contributed by atoms with Crippen LogP contribution in [0.25, 0.3) is 0 Å². The summed E-state index contributed by atoms with van der Waals surface area (Å²) in [5, 5.41) is 12.0. The second-order valence-electron chi connectivity index (χ2n) is 4.16. The van der Waals surface area contributed by atoms with Gasteiger partial charge in [0.2, 0.25) is 0 Å². The SMILES string of the molecule is CCCOC(CC)CNC(=O)c1ccc(O)cc1. The van der Waals surface area contributed by atoms with Crippen LogP contribution in [0, 0.1) is 0 Å². The van der Waals surface area contributed by atoms with Gasteiger partial charge in [-0.1, -0.05) is 13.8 Å². The molecule has 0 aliphatic heterocycles. The average molecular weight is 251 g/mol. The fourth-order valence-corrected chi connectivity index (χ4v) is 1.53. The molecule has 0 fully saturated rings. The minimum atomic E-state index is -0.145. The number of amides is 1. The molecule has 2 N–H and O–H groups in total. The number of carbonyl (C=O) groups excluding carboxylic acids is 1. The van der Waals surface area contributed by atoms with Crippen molar-refractivity contribution in [2.45, 2.75) is 32.8 Å². The third-order valence-electron chi connectivity index (χ3n) is 2.63. The molecule has 4 heteroatoms. The Bertz CT molecular complexity index is 362. The van der Waals surface area contributed by atoms with Crippen LogP contribution >= 0.6 is 0 Å². The Labute approximate surface area is 108 Å². The van der Waals surface area contributed by atoms with E-state index in [0.29, 0.717) is 18.7 Å². The summed E-state index contributed by atoms with van der Waals surface area (Å²) in [4.78, 5) is 11.8. The van der Waals surface area contributed by atoms with E-state index in [0.717, 1.165) is 12.8 Å². The van der Waals surface area contributed by atoms with Crippen LogP contribution in [0.1, 0.15) is 37.0 Å². The van der Waals surface area contributed by atoms with E-state index < -0.39 is 0 Å². The summed E-state index contributed by atoms with van der Waals surface area (Å²) >= 11 is 0. The molecule has 100 valence electrons. The smallest absolute Gasteiger partial charge is 0.251 e. The van der Waals surface area contributed by atoms with Gasteiger partial charge in [0.25, 0.3) is 5.91 Å². The maximum absolute atomic E-state index is 11.8. The normalized spacial score (nSPS) is 12.1. The van der Waals surface area contributed by atoms with Crippen LogP contribution in [-0.4, -0.2) is 30.3 Å².